The highest BCUT2D eigenvalue weighted by molar-refractivity contribution is 9.10. The van der Waals surface area contributed by atoms with Crippen LogP contribution in [0.3, 0.4) is 0 Å². The maximum absolute atomic E-state index is 13.0. The fourth-order valence-electron chi connectivity index (χ4n) is 2.96. The number of nitrogens with zero attached hydrogens (tertiary/aromatic N) is 1. The minimum atomic E-state index is -0.677. The molecule has 1 atom stereocenters. The van der Waals surface area contributed by atoms with Crippen LogP contribution in [0.4, 0.5) is 0 Å². The first kappa shape index (κ1) is 24.5. The Morgan fingerprint density at radius 2 is 1.77 bits per heavy atom. The first-order valence-corrected chi connectivity index (χ1v) is 11.1. The Kier molecular flexibility index (Phi) is 9.01. The monoisotopic (exact) mass is 514 g/mol. The highest BCUT2D eigenvalue weighted by atomic mass is 79.9. The molecule has 2 aromatic rings. The van der Waals surface area contributed by atoms with Gasteiger partial charge in [0, 0.05) is 17.6 Å². The van der Waals surface area contributed by atoms with Crippen LogP contribution in [0.5, 0.6) is 5.75 Å². The van der Waals surface area contributed by atoms with E-state index < -0.39 is 6.04 Å². The number of aryl methyl sites for hydroxylation is 2. The molecule has 0 aliphatic rings. The van der Waals surface area contributed by atoms with E-state index in [-0.39, 0.29) is 25.0 Å². The van der Waals surface area contributed by atoms with E-state index in [0.717, 1.165) is 21.2 Å². The number of likely N-dealkylation sites (N-methyl/N-ethyl adjacent to an activating group) is 1. The van der Waals surface area contributed by atoms with Gasteiger partial charge in [-0.05, 0) is 68.7 Å². The SMILES string of the molecule is CCNC(=O)[C@@H](C)N(Cc1ccc(Cl)c(Cl)c1)C(=O)COc1cc(C)c(Br)c(C)c1. The van der Waals surface area contributed by atoms with E-state index in [1.54, 1.807) is 25.1 Å². The van der Waals surface area contributed by atoms with Crippen LogP contribution >= 0.6 is 39.1 Å². The van der Waals surface area contributed by atoms with Gasteiger partial charge in [-0.15, -0.1) is 0 Å². The lowest BCUT2D eigenvalue weighted by Crippen LogP contribution is -2.49. The number of carbonyl (C=O) groups is 2. The van der Waals surface area contributed by atoms with Gasteiger partial charge in [0.1, 0.15) is 11.8 Å². The normalized spacial score (nSPS) is 11.7. The van der Waals surface area contributed by atoms with E-state index in [0.29, 0.717) is 22.3 Å². The third-order valence-corrected chi connectivity index (χ3v) is 6.62. The van der Waals surface area contributed by atoms with Crippen molar-refractivity contribution >= 4 is 50.9 Å². The van der Waals surface area contributed by atoms with Gasteiger partial charge in [0.15, 0.2) is 6.61 Å². The summed E-state index contributed by atoms with van der Waals surface area (Å²) in [4.78, 5) is 26.9. The lowest BCUT2D eigenvalue weighted by atomic mass is 10.1. The van der Waals surface area contributed by atoms with Crippen molar-refractivity contribution in [2.45, 2.75) is 40.3 Å². The van der Waals surface area contributed by atoms with Gasteiger partial charge in [-0.1, -0.05) is 45.2 Å². The summed E-state index contributed by atoms with van der Waals surface area (Å²) >= 11 is 15.6. The smallest absolute Gasteiger partial charge is 0.261 e. The molecular formula is C22H25BrCl2N2O3. The molecule has 0 radical (unpaired) electrons. The number of ether oxygens (including phenoxy) is 1. The molecule has 0 spiro atoms. The van der Waals surface area contributed by atoms with E-state index in [2.05, 4.69) is 21.2 Å². The molecule has 0 bridgehead atoms. The molecule has 0 saturated carbocycles. The number of benzene rings is 2. The van der Waals surface area contributed by atoms with Crippen LogP contribution in [0.2, 0.25) is 10.0 Å². The number of halogens is 3. The summed E-state index contributed by atoms with van der Waals surface area (Å²) in [6, 6.07) is 8.19. The summed E-state index contributed by atoms with van der Waals surface area (Å²) in [5, 5.41) is 3.58. The summed E-state index contributed by atoms with van der Waals surface area (Å²) < 4.78 is 6.75. The number of amides is 2. The van der Waals surface area contributed by atoms with Crippen LogP contribution in [0, 0.1) is 13.8 Å². The standard InChI is InChI=1S/C22H25BrCl2N2O3/c1-5-26-22(29)15(4)27(11-16-6-7-18(24)19(25)10-16)20(28)12-30-17-8-13(2)21(23)14(3)9-17/h6-10,15H,5,11-12H2,1-4H3,(H,26,29)/t15-/m1/s1. The number of hydrogen-bond acceptors (Lipinski definition) is 3. The van der Waals surface area contributed by atoms with Gasteiger partial charge >= 0.3 is 0 Å². The van der Waals surface area contributed by atoms with Crippen molar-refractivity contribution in [3.8, 4) is 5.75 Å². The second-order valence-electron chi connectivity index (χ2n) is 7.00. The molecule has 2 rings (SSSR count). The Hall–Kier alpha value is -1.76. The van der Waals surface area contributed by atoms with Gasteiger partial charge in [-0.25, -0.2) is 0 Å². The van der Waals surface area contributed by atoms with E-state index in [1.165, 1.54) is 4.90 Å². The van der Waals surface area contributed by atoms with Crippen LogP contribution < -0.4 is 10.1 Å². The van der Waals surface area contributed by atoms with Gasteiger partial charge in [0.2, 0.25) is 5.91 Å². The number of nitrogens with one attached hydrogen (secondary N) is 1. The van der Waals surface area contributed by atoms with Gasteiger partial charge in [-0.3, -0.25) is 9.59 Å². The molecule has 0 aliphatic heterocycles. The van der Waals surface area contributed by atoms with E-state index in [4.69, 9.17) is 27.9 Å². The average Bonchev–Trinajstić information content (AvgIpc) is 2.70. The Morgan fingerprint density at radius 1 is 1.13 bits per heavy atom. The molecule has 5 nitrogen and oxygen atoms in total. The van der Waals surface area contributed by atoms with Crippen LogP contribution in [-0.4, -0.2) is 35.9 Å². The maximum Gasteiger partial charge on any atom is 0.261 e. The zero-order valence-corrected chi connectivity index (χ0v) is 20.5. The van der Waals surface area contributed by atoms with Crippen LogP contribution in [-0.2, 0) is 16.1 Å². The first-order valence-electron chi connectivity index (χ1n) is 9.54. The number of hydrogen-bond donors (Lipinski definition) is 1. The molecular weight excluding hydrogens is 491 g/mol. The van der Waals surface area contributed by atoms with Gasteiger partial charge < -0.3 is 15.0 Å². The Balaban J connectivity index is 2.20. The quantitative estimate of drug-likeness (QED) is 0.518. The van der Waals surface area contributed by atoms with E-state index in [9.17, 15) is 9.59 Å². The third kappa shape index (κ3) is 6.37. The van der Waals surface area contributed by atoms with Gasteiger partial charge in [-0.2, -0.15) is 0 Å². The molecule has 30 heavy (non-hydrogen) atoms. The maximum atomic E-state index is 13.0. The first-order chi connectivity index (χ1) is 14.1. The highest BCUT2D eigenvalue weighted by Gasteiger charge is 2.26. The van der Waals surface area contributed by atoms with Crippen molar-refractivity contribution in [3.63, 3.8) is 0 Å². The highest BCUT2D eigenvalue weighted by Crippen LogP contribution is 2.27. The van der Waals surface area contributed by atoms with Gasteiger partial charge in [0.05, 0.1) is 10.0 Å². The molecule has 2 amide bonds. The molecule has 2 aromatic carbocycles. The molecule has 1 N–H and O–H groups in total. The zero-order chi connectivity index (χ0) is 22.4. The Morgan fingerprint density at radius 3 is 2.33 bits per heavy atom. The summed E-state index contributed by atoms with van der Waals surface area (Å²) in [7, 11) is 0. The summed E-state index contributed by atoms with van der Waals surface area (Å²) in [6.45, 7) is 7.93. The molecule has 0 fully saturated rings. The molecule has 0 aromatic heterocycles. The Bertz CT molecular complexity index is 914. The van der Waals surface area contributed by atoms with Crippen molar-refractivity contribution in [1.29, 1.82) is 0 Å². The molecule has 0 saturated heterocycles. The van der Waals surface area contributed by atoms with Crippen LogP contribution in [0.1, 0.15) is 30.5 Å². The van der Waals surface area contributed by atoms with Crippen molar-refractivity contribution in [1.82, 2.24) is 10.2 Å². The minimum absolute atomic E-state index is 0.189. The fourth-order valence-corrected chi connectivity index (χ4v) is 3.51. The lowest BCUT2D eigenvalue weighted by Gasteiger charge is -2.28. The second-order valence-corrected chi connectivity index (χ2v) is 8.61. The minimum Gasteiger partial charge on any atom is -0.484 e. The van der Waals surface area contributed by atoms with Crippen molar-refractivity contribution in [3.05, 3.63) is 61.5 Å². The van der Waals surface area contributed by atoms with Crippen LogP contribution in [0.25, 0.3) is 0 Å². The topological polar surface area (TPSA) is 58.6 Å². The summed E-state index contributed by atoms with van der Waals surface area (Å²) in [6.07, 6.45) is 0. The average molecular weight is 516 g/mol. The molecule has 8 heteroatoms. The number of carbonyl (C=O) groups excluding carboxylic acids is 2. The largest absolute Gasteiger partial charge is 0.484 e. The number of rotatable bonds is 8. The predicted molar refractivity (Wildman–Crippen MR) is 124 cm³/mol. The lowest BCUT2D eigenvalue weighted by molar-refractivity contribution is -0.142. The molecule has 0 heterocycles. The fraction of sp³-hybridized carbons (Fsp3) is 0.364. The zero-order valence-electron chi connectivity index (χ0n) is 17.4. The molecule has 0 aliphatic carbocycles. The van der Waals surface area contributed by atoms with Crippen LogP contribution in [0.15, 0.2) is 34.8 Å². The predicted octanol–water partition coefficient (Wildman–Crippen LogP) is 5.30. The van der Waals surface area contributed by atoms with Crippen molar-refractivity contribution < 1.29 is 14.3 Å². The molecule has 0 unspecified atom stereocenters. The third-order valence-electron chi connectivity index (χ3n) is 4.63. The van der Waals surface area contributed by atoms with E-state index in [1.807, 2.05) is 32.9 Å². The van der Waals surface area contributed by atoms with Crippen molar-refractivity contribution in [2.24, 2.45) is 0 Å². The second kappa shape index (κ2) is 11.0. The summed E-state index contributed by atoms with van der Waals surface area (Å²) in [5.41, 5.74) is 2.80. The van der Waals surface area contributed by atoms with Crippen molar-refractivity contribution in [2.75, 3.05) is 13.2 Å². The van der Waals surface area contributed by atoms with Gasteiger partial charge in [0.25, 0.3) is 5.91 Å². The van der Waals surface area contributed by atoms with E-state index >= 15 is 0 Å². The summed E-state index contributed by atoms with van der Waals surface area (Å²) in [5.74, 6) is 0.0565. The Labute approximate surface area is 195 Å². The molecule has 162 valence electrons.